The highest BCUT2D eigenvalue weighted by molar-refractivity contribution is 4.99. The average molecular weight is 180 g/mol. The smallest absolute Gasteiger partial charge is 0.0232 e. The van der Waals surface area contributed by atoms with E-state index in [0.29, 0.717) is 11.3 Å². The van der Waals surface area contributed by atoms with Crippen LogP contribution in [0.1, 0.15) is 47.5 Å². The molecule has 0 aliphatic carbocycles. The molecular formula is C13H24. The Bertz CT molecular complexity index is 196. The van der Waals surface area contributed by atoms with E-state index >= 15 is 0 Å². The zero-order valence-electron chi connectivity index (χ0n) is 9.91. The van der Waals surface area contributed by atoms with Crippen LogP contribution in [0.25, 0.3) is 0 Å². The van der Waals surface area contributed by atoms with Crippen molar-refractivity contribution in [1.82, 2.24) is 0 Å². The zero-order chi connectivity index (χ0) is 10.6. The van der Waals surface area contributed by atoms with Crippen molar-refractivity contribution in [3.8, 4) is 0 Å². The van der Waals surface area contributed by atoms with Gasteiger partial charge >= 0.3 is 0 Å². The molecule has 0 nitrogen and oxygen atoms in total. The van der Waals surface area contributed by atoms with Gasteiger partial charge in [-0.1, -0.05) is 38.5 Å². The summed E-state index contributed by atoms with van der Waals surface area (Å²) >= 11 is 0. The molecule has 0 spiro atoms. The van der Waals surface area contributed by atoms with Crippen LogP contribution in [0.5, 0.6) is 0 Å². The largest absolute Gasteiger partial charge is 0.100 e. The van der Waals surface area contributed by atoms with Crippen LogP contribution in [0, 0.1) is 11.3 Å². The second kappa shape index (κ2) is 4.64. The van der Waals surface area contributed by atoms with E-state index in [1.54, 1.807) is 0 Å². The summed E-state index contributed by atoms with van der Waals surface area (Å²) in [6.45, 7) is 19.0. The molecule has 0 rings (SSSR count). The molecule has 0 aromatic carbocycles. The molecule has 0 N–H and O–H groups in total. The molecule has 0 radical (unpaired) electrons. The van der Waals surface area contributed by atoms with Crippen LogP contribution in [0.3, 0.4) is 0 Å². The molecule has 0 heterocycles. The number of hydrogen-bond acceptors (Lipinski definition) is 0. The van der Waals surface area contributed by atoms with Gasteiger partial charge in [0.05, 0.1) is 0 Å². The standard InChI is InChI=1S/C13H24/c1-10(2)8-13(6,7)9-12(5)11(3)4/h12H,1,3,8-9H2,2,4-7H3. The van der Waals surface area contributed by atoms with E-state index in [1.165, 1.54) is 17.6 Å². The Morgan fingerprint density at radius 2 is 1.69 bits per heavy atom. The molecule has 0 amide bonds. The van der Waals surface area contributed by atoms with Gasteiger partial charge < -0.3 is 0 Å². The molecule has 0 saturated carbocycles. The fraction of sp³-hybridized carbons (Fsp3) is 0.692. The molecule has 0 aromatic heterocycles. The maximum absolute atomic E-state index is 4.00. The lowest BCUT2D eigenvalue weighted by Gasteiger charge is -2.28. The van der Waals surface area contributed by atoms with Gasteiger partial charge in [0.15, 0.2) is 0 Å². The lowest BCUT2D eigenvalue weighted by molar-refractivity contribution is 0.293. The Balaban J connectivity index is 4.16. The third-order valence-electron chi connectivity index (χ3n) is 2.48. The molecule has 0 bridgehead atoms. The van der Waals surface area contributed by atoms with E-state index in [0.717, 1.165) is 6.42 Å². The average Bonchev–Trinajstić information content (AvgIpc) is 1.81. The van der Waals surface area contributed by atoms with Crippen molar-refractivity contribution >= 4 is 0 Å². The van der Waals surface area contributed by atoms with E-state index in [4.69, 9.17) is 0 Å². The van der Waals surface area contributed by atoms with Gasteiger partial charge in [0.2, 0.25) is 0 Å². The molecule has 0 fully saturated rings. The summed E-state index contributed by atoms with van der Waals surface area (Å²) in [6.07, 6.45) is 2.32. The van der Waals surface area contributed by atoms with Gasteiger partial charge in [-0.3, -0.25) is 0 Å². The number of rotatable bonds is 5. The van der Waals surface area contributed by atoms with Crippen molar-refractivity contribution in [2.45, 2.75) is 47.5 Å². The minimum Gasteiger partial charge on any atom is -0.100 e. The second-order valence-corrected chi connectivity index (χ2v) is 5.25. The predicted molar refractivity (Wildman–Crippen MR) is 61.8 cm³/mol. The quantitative estimate of drug-likeness (QED) is 0.543. The molecule has 0 aliphatic rings. The summed E-state index contributed by atoms with van der Waals surface area (Å²) in [6, 6.07) is 0. The minimum absolute atomic E-state index is 0.365. The van der Waals surface area contributed by atoms with Gasteiger partial charge in [0.1, 0.15) is 0 Å². The Hall–Kier alpha value is -0.520. The van der Waals surface area contributed by atoms with Crippen LogP contribution < -0.4 is 0 Å². The van der Waals surface area contributed by atoms with Crippen molar-refractivity contribution in [2.24, 2.45) is 11.3 Å². The van der Waals surface area contributed by atoms with Crippen LogP contribution in [0.4, 0.5) is 0 Å². The Kier molecular flexibility index (Phi) is 4.46. The second-order valence-electron chi connectivity index (χ2n) is 5.25. The van der Waals surface area contributed by atoms with E-state index in [-0.39, 0.29) is 0 Å². The summed E-state index contributed by atoms with van der Waals surface area (Å²) in [5.41, 5.74) is 2.93. The van der Waals surface area contributed by atoms with Gasteiger partial charge in [0, 0.05) is 0 Å². The van der Waals surface area contributed by atoms with Crippen LogP contribution in [-0.2, 0) is 0 Å². The number of hydrogen-bond donors (Lipinski definition) is 0. The summed E-state index contributed by atoms with van der Waals surface area (Å²) in [5.74, 6) is 0.620. The zero-order valence-corrected chi connectivity index (χ0v) is 9.91. The molecular weight excluding hydrogens is 156 g/mol. The fourth-order valence-corrected chi connectivity index (χ4v) is 1.89. The monoisotopic (exact) mass is 180 g/mol. The lowest BCUT2D eigenvalue weighted by atomic mass is 9.77. The van der Waals surface area contributed by atoms with E-state index in [9.17, 15) is 0 Å². The molecule has 0 aromatic rings. The highest BCUT2D eigenvalue weighted by Crippen LogP contribution is 2.33. The highest BCUT2D eigenvalue weighted by Gasteiger charge is 2.21. The van der Waals surface area contributed by atoms with Crippen LogP contribution >= 0.6 is 0 Å². The summed E-state index contributed by atoms with van der Waals surface area (Å²) in [4.78, 5) is 0. The van der Waals surface area contributed by atoms with Gasteiger partial charge in [-0.05, 0) is 38.0 Å². The third-order valence-corrected chi connectivity index (χ3v) is 2.48. The van der Waals surface area contributed by atoms with Gasteiger partial charge in [0.25, 0.3) is 0 Å². The van der Waals surface area contributed by atoms with E-state index in [1.807, 2.05) is 0 Å². The third kappa shape index (κ3) is 5.68. The van der Waals surface area contributed by atoms with Gasteiger partial charge in [-0.2, -0.15) is 0 Å². The topological polar surface area (TPSA) is 0 Å². The van der Waals surface area contributed by atoms with Crippen LogP contribution in [-0.4, -0.2) is 0 Å². The SMILES string of the molecule is C=C(C)CC(C)(C)CC(C)C(=C)C. The van der Waals surface area contributed by atoms with E-state index in [2.05, 4.69) is 47.8 Å². The maximum Gasteiger partial charge on any atom is -0.0232 e. The molecule has 1 unspecified atom stereocenters. The Labute approximate surface area is 83.7 Å². The maximum atomic E-state index is 4.00. The first-order valence-corrected chi connectivity index (χ1v) is 5.04. The van der Waals surface area contributed by atoms with E-state index < -0.39 is 0 Å². The van der Waals surface area contributed by atoms with Crippen LogP contribution in [0.2, 0.25) is 0 Å². The molecule has 1 atom stereocenters. The molecule has 0 heteroatoms. The normalized spacial score (nSPS) is 13.9. The molecule has 0 saturated heterocycles. The first kappa shape index (κ1) is 12.5. The van der Waals surface area contributed by atoms with Crippen LogP contribution in [0.15, 0.2) is 24.3 Å². The van der Waals surface area contributed by atoms with Crippen molar-refractivity contribution in [3.63, 3.8) is 0 Å². The Morgan fingerprint density at radius 1 is 1.23 bits per heavy atom. The van der Waals surface area contributed by atoms with Crippen molar-refractivity contribution in [3.05, 3.63) is 24.3 Å². The first-order valence-electron chi connectivity index (χ1n) is 5.04. The van der Waals surface area contributed by atoms with Crippen molar-refractivity contribution in [1.29, 1.82) is 0 Å². The molecule has 76 valence electrons. The first-order chi connectivity index (χ1) is 5.74. The minimum atomic E-state index is 0.365. The summed E-state index contributed by atoms with van der Waals surface area (Å²) < 4.78 is 0. The molecule has 13 heavy (non-hydrogen) atoms. The molecule has 0 aliphatic heterocycles. The van der Waals surface area contributed by atoms with Gasteiger partial charge in [-0.25, -0.2) is 0 Å². The van der Waals surface area contributed by atoms with Crippen molar-refractivity contribution < 1.29 is 0 Å². The van der Waals surface area contributed by atoms with Gasteiger partial charge in [-0.15, -0.1) is 6.58 Å². The Morgan fingerprint density at radius 3 is 2.00 bits per heavy atom. The van der Waals surface area contributed by atoms with Crippen molar-refractivity contribution in [2.75, 3.05) is 0 Å². The predicted octanol–water partition coefficient (Wildman–Crippen LogP) is 4.58. The lowest BCUT2D eigenvalue weighted by Crippen LogP contribution is -2.16. The highest BCUT2D eigenvalue weighted by atomic mass is 14.3. The fourth-order valence-electron chi connectivity index (χ4n) is 1.89. The summed E-state index contributed by atoms with van der Waals surface area (Å²) in [7, 11) is 0. The number of allylic oxidation sites excluding steroid dienone is 2. The summed E-state index contributed by atoms with van der Waals surface area (Å²) in [5, 5.41) is 0.